The highest BCUT2D eigenvalue weighted by atomic mass is 32.2. The van der Waals surface area contributed by atoms with Crippen LogP contribution in [0, 0.1) is 0 Å². The second-order valence-electron chi connectivity index (χ2n) is 7.01. The molecule has 0 unspecified atom stereocenters. The average molecular weight is 439 g/mol. The van der Waals surface area contributed by atoms with Crippen molar-refractivity contribution in [1.82, 2.24) is 5.32 Å². The maximum absolute atomic E-state index is 13.1. The minimum absolute atomic E-state index is 0.164. The Labute approximate surface area is 183 Å². The Morgan fingerprint density at radius 1 is 0.968 bits per heavy atom. The molecule has 0 aromatic heterocycles. The van der Waals surface area contributed by atoms with Crippen LogP contribution in [0.5, 0.6) is 5.75 Å². The maximum Gasteiger partial charge on any atom is 0.264 e. The number of ether oxygens (including phenoxy) is 1. The van der Waals surface area contributed by atoms with Crippen molar-refractivity contribution >= 4 is 21.6 Å². The van der Waals surface area contributed by atoms with E-state index in [0.29, 0.717) is 12.1 Å². The van der Waals surface area contributed by atoms with E-state index in [1.54, 1.807) is 49.6 Å². The second-order valence-corrected chi connectivity index (χ2v) is 8.98. The third-order valence-electron chi connectivity index (χ3n) is 5.12. The number of amides is 1. The average Bonchev–Trinajstić information content (AvgIpc) is 2.82. The second kappa shape index (κ2) is 9.66. The van der Waals surface area contributed by atoms with Crippen molar-refractivity contribution < 1.29 is 17.9 Å². The Morgan fingerprint density at radius 2 is 1.58 bits per heavy atom. The Balaban J connectivity index is 1.89. The number of carbonyl (C=O) groups excluding carboxylic acids is 1. The van der Waals surface area contributed by atoms with Crippen molar-refractivity contribution in [1.29, 1.82) is 0 Å². The van der Waals surface area contributed by atoms with Gasteiger partial charge in [-0.1, -0.05) is 49.4 Å². The summed E-state index contributed by atoms with van der Waals surface area (Å²) in [4.78, 5) is 13.3. The highest BCUT2D eigenvalue weighted by molar-refractivity contribution is 7.92. The Bertz CT molecular complexity index is 1130. The number of carbonyl (C=O) groups is 1. The van der Waals surface area contributed by atoms with Crippen LogP contribution < -0.4 is 14.4 Å². The molecule has 7 heteroatoms. The van der Waals surface area contributed by atoms with E-state index in [0.717, 1.165) is 15.6 Å². The summed E-state index contributed by atoms with van der Waals surface area (Å²) in [5, 5.41) is 3.02. The monoisotopic (exact) mass is 438 g/mol. The van der Waals surface area contributed by atoms with E-state index >= 15 is 0 Å². The Hall–Kier alpha value is -3.32. The van der Waals surface area contributed by atoms with Crippen LogP contribution in [0.1, 0.15) is 35.3 Å². The largest absolute Gasteiger partial charge is 0.497 e. The third kappa shape index (κ3) is 4.88. The number of benzene rings is 3. The van der Waals surface area contributed by atoms with Crippen molar-refractivity contribution in [3.05, 3.63) is 90.0 Å². The van der Waals surface area contributed by atoms with Crippen LogP contribution >= 0.6 is 0 Å². The topological polar surface area (TPSA) is 75.7 Å². The lowest BCUT2D eigenvalue weighted by Gasteiger charge is -2.23. The predicted molar refractivity (Wildman–Crippen MR) is 122 cm³/mol. The smallest absolute Gasteiger partial charge is 0.264 e. The molecule has 0 saturated heterocycles. The molecule has 0 bridgehead atoms. The summed E-state index contributed by atoms with van der Waals surface area (Å²) in [6, 6.07) is 22.1. The van der Waals surface area contributed by atoms with Gasteiger partial charge in [-0.2, -0.15) is 0 Å². The zero-order valence-corrected chi connectivity index (χ0v) is 18.6. The van der Waals surface area contributed by atoms with Gasteiger partial charge in [0.2, 0.25) is 0 Å². The fourth-order valence-corrected chi connectivity index (χ4v) is 4.55. The van der Waals surface area contributed by atoms with Crippen LogP contribution in [0.2, 0.25) is 0 Å². The number of hydrogen-bond donors (Lipinski definition) is 1. The van der Waals surface area contributed by atoms with Crippen LogP contribution in [0.4, 0.5) is 5.69 Å². The lowest BCUT2D eigenvalue weighted by Crippen LogP contribution is -2.32. The number of para-hydroxylation sites is 1. The van der Waals surface area contributed by atoms with E-state index in [2.05, 4.69) is 5.32 Å². The van der Waals surface area contributed by atoms with Gasteiger partial charge in [0.25, 0.3) is 15.9 Å². The quantitative estimate of drug-likeness (QED) is 0.566. The van der Waals surface area contributed by atoms with Crippen molar-refractivity contribution in [2.45, 2.75) is 24.3 Å². The fraction of sp³-hybridized carbons (Fsp3) is 0.208. The van der Waals surface area contributed by atoms with Crippen molar-refractivity contribution in [3.8, 4) is 5.75 Å². The van der Waals surface area contributed by atoms with E-state index < -0.39 is 10.0 Å². The van der Waals surface area contributed by atoms with Crippen molar-refractivity contribution in [3.63, 3.8) is 0 Å². The van der Waals surface area contributed by atoms with Gasteiger partial charge in [-0.3, -0.25) is 9.10 Å². The molecule has 1 atom stereocenters. The maximum atomic E-state index is 13.1. The molecule has 6 nitrogen and oxygen atoms in total. The van der Waals surface area contributed by atoms with E-state index in [4.69, 9.17) is 4.74 Å². The normalized spacial score (nSPS) is 12.1. The molecule has 1 amide bonds. The van der Waals surface area contributed by atoms with E-state index in [1.165, 1.54) is 19.2 Å². The standard InChI is InChI=1S/C24H26N2O4S/c1-4-22(18-14-16-19(30-3)17-15-18)25-24(27)21-12-8-9-13-23(21)26(2)31(28,29)20-10-6-5-7-11-20/h5-17,22H,4H2,1-3H3,(H,25,27)/t22-/m0/s1. The molecular weight excluding hydrogens is 412 g/mol. The first-order chi connectivity index (χ1) is 14.9. The summed E-state index contributed by atoms with van der Waals surface area (Å²) >= 11 is 0. The highest BCUT2D eigenvalue weighted by Gasteiger charge is 2.25. The summed E-state index contributed by atoms with van der Waals surface area (Å²) in [6.45, 7) is 1.98. The first-order valence-corrected chi connectivity index (χ1v) is 11.4. The molecule has 0 aliphatic heterocycles. The number of rotatable bonds is 8. The molecule has 0 spiro atoms. The van der Waals surface area contributed by atoms with Crippen LogP contribution in [-0.2, 0) is 10.0 Å². The lowest BCUT2D eigenvalue weighted by molar-refractivity contribution is 0.0936. The summed E-state index contributed by atoms with van der Waals surface area (Å²) in [5.41, 5.74) is 1.55. The zero-order valence-electron chi connectivity index (χ0n) is 17.8. The summed E-state index contributed by atoms with van der Waals surface area (Å²) in [6.07, 6.45) is 0.679. The molecule has 0 fully saturated rings. The number of nitrogens with zero attached hydrogens (tertiary/aromatic N) is 1. The lowest BCUT2D eigenvalue weighted by atomic mass is 10.0. The van der Waals surface area contributed by atoms with E-state index in [-0.39, 0.29) is 22.4 Å². The van der Waals surface area contributed by atoms with E-state index in [9.17, 15) is 13.2 Å². The molecule has 0 saturated carbocycles. The molecular formula is C24H26N2O4S. The van der Waals surface area contributed by atoms with Crippen molar-refractivity contribution in [2.75, 3.05) is 18.5 Å². The first-order valence-electron chi connectivity index (χ1n) is 9.96. The summed E-state index contributed by atoms with van der Waals surface area (Å²) in [7, 11) is -0.747. The Morgan fingerprint density at radius 3 is 2.19 bits per heavy atom. The first kappa shape index (κ1) is 22.4. The summed E-state index contributed by atoms with van der Waals surface area (Å²) in [5.74, 6) is 0.399. The van der Waals surface area contributed by atoms with Gasteiger partial charge in [0, 0.05) is 7.05 Å². The minimum atomic E-state index is -3.80. The number of anilines is 1. The van der Waals surface area contributed by atoms with Crippen LogP contribution in [0.3, 0.4) is 0 Å². The van der Waals surface area contributed by atoms with Gasteiger partial charge in [-0.25, -0.2) is 8.42 Å². The molecule has 31 heavy (non-hydrogen) atoms. The van der Waals surface area contributed by atoms with Gasteiger partial charge in [-0.05, 0) is 48.4 Å². The van der Waals surface area contributed by atoms with Crippen LogP contribution in [0.25, 0.3) is 0 Å². The van der Waals surface area contributed by atoms with Crippen LogP contribution in [-0.4, -0.2) is 28.5 Å². The third-order valence-corrected chi connectivity index (χ3v) is 6.91. The van der Waals surface area contributed by atoms with Gasteiger partial charge in [0.15, 0.2) is 0 Å². The molecule has 0 aliphatic carbocycles. The predicted octanol–water partition coefficient (Wildman–Crippen LogP) is 4.40. The minimum Gasteiger partial charge on any atom is -0.497 e. The van der Waals surface area contributed by atoms with Crippen LogP contribution in [0.15, 0.2) is 83.8 Å². The number of sulfonamides is 1. The molecule has 162 valence electrons. The SMILES string of the molecule is CC[C@H](NC(=O)c1ccccc1N(C)S(=O)(=O)c1ccccc1)c1ccc(OC)cc1. The molecule has 3 aromatic rings. The highest BCUT2D eigenvalue weighted by Crippen LogP contribution is 2.27. The molecule has 3 aromatic carbocycles. The van der Waals surface area contributed by atoms with Gasteiger partial charge in [0.05, 0.1) is 29.3 Å². The van der Waals surface area contributed by atoms with E-state index in [1.807, 2.05) is 31.2 Å². The van der Waals surface area contributed by atoms with Crippen molar-refractivity contribution in [2.24, 2.45) is 0 Å². The molecule has 0 radical (unpaired) electrons. The molecule has 0 heterocycles. The van der Waals surface area contributed by atoms with Gasteiger partial charge in [-0.15, -0.1) is 0 Å². The van der Waals surface area contributed by atoms with Gasteiger partial charge < -0.3 is 10.1 Å². The Kier molecular flexibility index (Phi) is 6.97. The number of hydrogen-bond acceptors (Lipinski definition) is 4. The summed E-state index contributed by atoms with van der Waals surface area (Å²) < 4.78 is 32.4. The zero-order chi connectivity index (χ0) is 22.4. The fourth-order valence-electron chi connectivity index (χ4n) is 3.31. The number of nitrogens with one attached hydrogen (secondary N) is 1. The molecule has 1 N–H and O–H groups in total. The molecule has 3 rings (SSSR count). The van der Waals surface area contributed by atoms with Gasteiger partial charge in [0.1, 0.15) is 5.75 Å². The number of methoxy groups -OCH3 is 1. The van der Waals surface area contributed by atoms with Gasteiger partial charge >= 0.3 is 0 Å². The molecule has 0 aliphatic rings.